The topological polar surface area (TPSA) is 162 Å². The van der Waals surface area contributed by atoms with Gasteiger partial charge >= 0.3 is 5.97 Å². The van der Waals surface area contributed by atoms with Crippen LogP contribution in [0.2, 0.25) is 0 Å². The molecule has 1 saturated heterocycles. The van der Waals surface area contributed by atoms with Crippen molar-refractivity contribution in [1.82, 2.24) is 9.62 Å². The Morgan fingerprint density at radius 2 is 1.62 bits per heavy atom. The second kappa shape index (κ2) is 14.1. The number of amides is 1. The summed E-state index contributed by atoms with van der Waals surface area (Å²) in [7, 11) is -3.91. The molecule has 10 nitrogen and oxygen atoms in total. The summed E-state index contributed by atoms with van der Waals surface area (Å²) in [6, 6.07) is 12.4. The van der Waals surface area contributed by atoms with Crippen molar-refractivity contribution in [2.24, 2.45) is 0 Å². The maximum atomic E-state index is 13.1. The van der Waals surface area contributed by atoms with Gasteiger partial charge in [-0.1, -0.05) is 42.5 Å². The fourth-order valence-electron chi connectivity index (χ4n) is 4.70. The van der Waals surface area contributed by atoms with E-state index in [2.05, 4.69) is 5.32 Å². The van der Waals surface area contributed by atoms with Crippen molar-refractivity contribution >= 4 is 39.2 Å². The van der Waals surface area contributed by atoms with E-state index in [9.17, 15) is 32.7 Å². The van der Waals surface area contributed by atoms with Gasteiger partial charge < -0.3 is 15.8 Å². The van der Waals surface area contributed by atoms with Crippen molar-refractivity contribution in [2.75, 3.05) is 6.54 Å². The monoisotopic (exact) mass is 569 g/mol. The quantitative estimate of drug-likeness (QED) is 0.278. The Kier molecular flexibility index (Phi) is 10.9. The average Bonchev–Trinajstić information content (AvgIpc) is 3.41. The Labute approximate surface area is 234 Å². The van der Waals surface area contributed by atoms with Gasteiger partial charge in [-0.05, 0) is 49.4 Å². The third kappa shape index (κ3) is 8.65. The summed E-state index contributed by atoms with van der Waals surface area (Å²) in [6.07, 6.45) is 2.03. The highest BCUT2D eigenvalue weighted by atomic mass is 32.2. The van der Waals surface area contributed by atoms with Gasteiger partial charge in [-0.2, -0.15) is 4.31 Å². The van der Waals surface area contributed by atoms with Crippen molar-refractivity contribution in [1.29, 1.82) is 5.41 Å². The van der Waals surface area contributed by atoms with Gasteiger partial charge in [0.2, 0.25) is 15.9 Å². The zero-order valence-corrected chi connectivity index (χ0v) is 23.3. The number of Topliss-reactive ketones (excluding diaryl/α,β-unsaturated/α-hetero) is 2. The smallest absolute Gasteiger partial charge is 0.326 e. The number of hydrogen-bond acceptors (Lipinski definition) is 7. The van der Waals surface area contributed by atoms with Crippen LogP contribution in [0.5, 0.6) is 0 Å². The maximum Gasteiger partial charge on any atom is 0.326 e. The highest BCUT2D eigenvalue weighted by Gasteiger charge is 2.40. The number of ketones is 2. The Morgan fingerprint density at radius 3 is 2.25 bits per heavy atom. The normalized spacial score (nSPS) is 16.3. The van der Waals surface area contributed by atoms with Crippen molar-refractivity contribution in [2.45, 2.75) is 75.3 Å². The van der Waals surface area contributed by atoms with Crippen LogP contribution in [0, 0.1) is 5.41 Å². The van der Waals surface area contributed by atoms with Crippen molar-refractivity contribution < 1.29 is 32.7 Å². The predicted octanol–water partition coefficient (Wildman–Crippen LogP) is 2.93. The molecule has 214 valence electrons. The molecule has 0 aromatic heterocycles. The van der Waals surface area contributed by atoms with Crippen LogP contribution in [0.4, 0.5) is 0 Å². The van der Waals surface area contributed by atoms with Crippen LogP contribution in [0.15, 0.2) is 59.5 Å². The molecule has 1 aliphatic heterocycles. The molecule has 0 bridgehead atoms. The first kappa shape index (κ1) is 30.8. The maximum absolute atomic E-state index is 13.1. The lowest BCUT2D eigenvalue weighted by Gasteiger charge is -2.25. The predicted molar refractivity (Wildman–Crippen MR) is 149 cm³/mol. The van der Waals surface area contributed by atoms with Crippen LogP contribution in [-0.4, -0.2) is 65.6 Å². The number of carbonyl (C=O) groups is 4. The number of nitrogens with one attached hydrogen (secondary N) is 2. The largest absolute Gasteiger partial charge is 0.480 e. The van der Waals surface area contributed by atoms with E-state index in [-0.39, 0.29) is 55.1 Å². The second-order valence-corrected chi connectivity index (χ2v) is 12.0. The molecule has 3 N–H and O–H groups in total. The van der Waals surface area contributed by atoms with E-state index in [0.717, 1.165) is 9.87 Å². The molecule has 2 atom stereocenters. The van der Waals surface area contributed by atoms with Crippen LogP contribution in [0.25, 0.3) is 0 Å². The van der Waals surface area contributed by atoms with Gasteiger partial charge in [-0.25, -0.2) is 13.2 Å². The number of carboxylic acids is 1. The highest BCUT2D eigenvalue weighted by Crippen LogP contribution is 2.26. The van der Waals surface area contributed by atoms with Crippen LogP contribution in [0.1, 0.15) is 56.6 Å². The number of sulfonamides is 1. The van der Waals surface area contributed by atoms with Crippen molar-refractivity contribution in [3.05, 3.63) is 65.7 Å². The number of rotatable bonds is 15. The lowest BCUT2D eigenvalue weighted by Crippen LogP contribution is -2.51. The number of nitrogens with zero attached hydrogens (tertiary/aromatic N) is 1. The molecule has 0 saturated carbocycles. The van der Waals surface area contributed by atoms with Gasteiger partial charge in [0, 0.05) is 44.4 Å². The van der Waals surface area contributed by atoms with Gasteiger partial charge in [-0.15, -0.1) is 0 Å². The van der Waals surface area contributed by atoms with E-state index in [1.54, 1.807) is 49.4 Å². The molecule has 2 aromatic rings. The molecule has 0 spiro atoms. The minimum Gasteiger partial charge on any atom is -0.480 e. The summed E-state index contributed by atoms with van der Waals surface area (Å²) < 4.78 is 27.3. The molecular formula is C29H35N3O7S. The third-order valence-electron chi connectivity index (χ3n) is 6.71. The summed E-state index contributed by atoms with van der Waals surface area (Å²) >= 11 is 0. The molecule has 2 aromatic carbocycles. The molecule has 0 radical (unpaired) electrons. The number of benzene rings is 2. The van der Waals surface area contributed by atoms with Gasteiger partial charge in [0.1, 0.15) is 23.7 Å². The molecule has 0 aliphatic carbocycles. The van der Waals surface area contributed by atoms with E-state index >= 15 is 0 Å². The number of hydrogen-bond donors (Lipinski definition) is 3. The summed E-state index contributed by atoms with van der Waals surface area (Å²) in [4.78, 5) is 49.0. The fraction of sp³-hybridized carbons (Fsp3) is 0.414. The molecule has 11 heteroatoms. The van der Waals surface area contributed by atoms with Gasteiger partial charge in [0.15, 0.2) is 0 Å². The number of carbonyl (C=O) groups excluding carboxylic acids is 3. The first-order valence-corrected chi connectivity index (χ1v) is 14.7. The minimum atomic E-state index is -3.91. The van der Waals surface area contributed by atoms with Gasteiger partial charge in [0.25, 0.3) is 0 Å². The van der Waals surface area contributed by atoms with E-state index in [1.807, 2.05) is 0 Å². The zero-order chi connectivity index (χ0) is 29.3. The summed E-state index contributed by atoms with van der Waals surface area (Å²) in [6.45, 7) is 1.75. The average molecular weight is 570 g/mol. The molecule has 1 heterocycles. The first-order chi connectivity index (χ1) is 19.0. The van der Waals surface area contributed by atoms with E-state index < -0.39 is 34.0 Å². The highest BCUT2D eigenvalue weighted by molar-refractivity contribution is 7.89. The molecular weight excluding hydrogens is 534 g/mol. The van der Waals surface area contributed by atoms with E-state index in [4.69, 9.17) is 5.41 Å². The van der Waals surface area contributed by atoms with Gasteiger partial charge in [-0.3, -0.25) is 14.4 Å². The standard InChI is InChI=1S/C29H35N3O7S/c1-20(30)17-23(33)7-5-8-24(34)18-21-12-14-22(15-13-21)19-26(29(36)37)31-28(35)27-11-6-16-32(27)40(38,39)25-9-3-2-4-10-25/h2-4,9-10,12-15,26-27,30H,5-8,11,16-19H2,1H3,(H,31,35)(H,36,37). The number of carboxylic acid groups (broad SMARTS) is 1. The van der Waals surface area contributed by atoms with Crippen LogP contribution < -0.4 is 5.32 Å². The fourth-order valence-corrected chi connectivity index (χ4v) is 6.38. The lowest BCUT2D eigenvalue weighted by molar-refractivity contribution is -0.142. The Hall–Kier alpha value is -3.70. The molecule has 1 fully saturated rings. The third-order valence-corrected chi connectivity index (χ3v) is 8.63. The summed E-state index contributed by atoms with van der Waals surface area (Å²) in [5.41, 5.74) is 1.69. The summed E-state index contributed by atoms with van der Waals surface area (Å²) in [5, 5.41) is 19.6. The Bertz CT molecular complexity index is 1340. The SMILES string of the molecule is CC(=N)CC(=O)CCCC(=O)Cc1ccc(CC(NC(=O)C2CCCN2S(=O)(=O)c2ccccc2)C(=O)O)cc1. The van der Waals surface area contributed by atoms with Crippen molar-refractivity contribution in [3.8, 4) is 0 Å². The van der Waals surface area contributed by atoms with Crippen LogP contribution in [-0.2, 0) is 42.0 Å². The van der Waals surface area contributed by atoms with Crippen LogP contribution in [0.3, 0.4) is 0 Å². The van der Waals surface area contributed by atoms with Crippen LogP contribution >= 0.6 is 0 Å². The molecule has 1 aliphatic rings. The second-order valence-electron chi connectivity index (χ2n) is 10.1. The van der Waals surface area contributed by atoms with Gasteiger partial charge in [0.05, 0.1) is 4.90 Å². The van der Waals surface area contributed by atoms with E-state index in [1.165, 1.54) is 12.1 Å². The molecule has 3 rings (SSSR count). The van der Waals surface area contributed by atoms with Crippen molar-refractivity contribution in [3.63, 3.8) is 0 Å². The zero-order valence-electron chi connectivity index (χ0n) is 22.5. The molecule has 40 heavy (non-hydrogen) atoms. The first-order valence-electron chi connectivity index (χ1n) is 13.2. The molecule has 1 amide bonds. The lowest BCUT2D eigenvalue weighted by atomic mass is 9.99. The van der Waals surface area contributed by atoms with E-state index in [0.29, 0.717) is 30.5 Å². The minimum absolute atomic E-state index is 0.0119. The Morgan fingerprint density at radius 1 is 1.00 bits per heavy atom. The Balaban J connectivity index is 1.56. The summed E-state index contributed by atoms with van der Waals surface area (Å²) in [5.74, 6) is -1.96. The molecule has 2 unspecified atom stereocenters. The number of aliphatic carboxylic acids is 1.